The van der Waals surface area contributed by atoms with Crippen LogP contribution in [0.2, 0.25) is 0 Å². The maximum Gasteiger partial charge on any atom is 0.0666 e. The SMILES string of the molecule is CC(C#N)CN1CCSCC1C. The van der Waals surface area contributed by atoms with E-state index in [0.717, 1.165) is 13.1 Å². The highest BCUT2D eigenvalue weighted by molar-refractivity contribution is 7.99. The molecule has 0 N–H and O–H groups in total. The van der Waals surface area contributed by atoms with Crippen molar-refractivity contribution in [3.8, 4) is 6.07 Å². The zero-order chi connectivity index (χ0) is 8.97. The molecule has 12 heavy (non-hydrogen) atoms. The number of hydrogen-bond acceptors (Lipinski definition) is 3. The highest BCUT2D eigenvalue weighted by Crippen LogP contribution is 2.16. The third kappa shape index (κ3) is 2.69. The van der Waals surface area contributed by atoms with Crippen LogP contribution < -0.4 is 0 Å². The van der Waals surface area contributed by atoms with Gasteiger partial charge in [-0.2, -0.15) is 17.0 Å². The van der Waals surface area contributed by atoms with Gasteiger partial charge in [-0.15, -0.1) is 0 Å². The molecule has 0 aromatic heterocycles. The minimum atomic E-state index is 0.176. The highest BCUT2D eigenvalue weighted by atomic mass is 32.2. The summed E-state index contributed by atoms with van der Waals surface area (Å²) < 4.78 is 0. The van der Waals surface area contributed by atoms with Crippen LogP contribution in [0.15, 0.2) is 0 Å². The van der Waals surface area contributed by atoms with Crippen molar-refractivity contribution in [2.75, 3.05) is 24.6 Å². The third-order valence-electron chi connectivity index (χ3n) is 2.23. The summed E-state index contributed by atoms with van der Waals surface area (Å²) in [4.78, 5) is 2.42. The van der Waals surface area contributed by atoms with Crippen LogP contribution in [-0.2, 0) is 0 Å². The lowest BCUT2D eigenvalue weighted by Crippen LogP contribution is -2.42. The van der Waals surface area contributed by atoms with Gasteiger partial charge in [-0.25, -0.2) is 0 Å². The predicted octanol–water partition coefficient (Wildman–Crippen LogP) is 1.58. The summed E-state index contributed by atoms with van der Waals surface area (Å²) in [5.41, 5.74) is 0. The van der Waals surface area contributed by atoms with Crippen LogP contribution in [0.5, 0.6) is 0 Å². The quantitative estimate of drug-likeness (QED) is 0.652. The molecule has 0 radical (unpaired) electrons. The topological polar surface area (TPSA) is 27.0 Å². The Labute approximate surface area is 78.9 Å². The van der Waals surface area contributed by atoms with Crippen LogP contribution in [0.1, 0.15) is 13.8 Å². The van der Waals surface area contributed by atoms with E-state index in [9.17, 15) is 0 Å². The van der Waals surface area contributed by atoms with E-state index >= 15 is 0 Å². The largest absolute Gasteiger partial charge is 0.298 e. The van der Waals surface area contributed by atoms with Crippen molar-refractivity contribution < 1.29 is 0 Å². The summed E-state index contributed by atoms with van der Waals surface area (Å²) in [5.74, 6) is 2.62. The summed E-state index contributed by atoms with van der Waals surface area (Å²) in [7, 11) is 0. The van der Waals surface area contributed by atoms with Crippen LogP contribution in [-0.4, -0.2) is 35.5 Å². The summed E-state index contributed by atoms with van der Waals surface area (Å²) in [5, 5.41) is 8.67. The van der Waals surface area contributed by atoms with Gasteiger partial charge in [-0.1, -0.05) is 0 Å². The molecular weight excluding hydrogens is 168 g/mol. The van der Waals surface area contributed by atoms with E-state index in [1.807, 2.05) is 18.7 Å². The molecule has 0 bridgehead atoms. The van der Waals surface area contributed by atoms with Gasteiger partial charge < -0.3 is 0 Å². The number of nitrogens with zero attached hydrogens (tertiary/aromatic N) is 2. The van der Waals surface area contributed by atoms with Crippen molar-refractivity contribution in [1.82, 2.24) is 4.90 Å². The molecule has 0 aliphatic carbocycles. The Hall–Kier alpha value is -0.200. The van der Waals surface area contributed by atoms with Crippen LogP contribution in [0.3, 0.4) is 0 Å². The lowest BCUT2D eigenvalue weighted by molar-refractivity contribution is 0.217. The average molecular weight is 184 g/mol. The maximum atomic E-state index is 8.67. The molecule has 2 atom stereocenters. The lowest BCUT2D eigenvalue weighted by atomic mass is 10.1. The second-order valence-electron chi connectivity index (χ2n) is 3.45. The highest BCUT2D eigenvalue weighted by Gasteiger charge is 2.19. The fourth-order valence-electron chi connectivity index (χ4n) is 1.43. The van der Waals surface area contributed by atoms with Gasteiger partial charge >= 0.3 is 0 Å². The molecule has 0 aromatic rings. The molecule has 1 heterocycles. The minimum Gasteiger partial charge on any atom is -0.298 e. The summed E-state index contributed by atoms with van der Waals surface area (Å²) in [6.07, 6.45) is 0. The van der Waals surface area contributed by atoms with Gasteiger partial charge in [0.1, 0.15) is 0 Å². The van der Waals surface area contributed by atoms with Crippen molar-refractivity contribution in [3.05, 3.63) is 0 Å². The summed E-state index contributed by atoms with van der Waals surface area (Å²) in [6.45, 7) is 6.33. The van der Waals surface area contributed by atoms with Crippen LogP contribution in [0.4, 0.5) is 0 Å². The molecule has 2 unspecified atom stereocenters. The molecule has 2 nitrogen and oxygen atoms in total. The van der Waals surface area contributed by atoms with Gasteiger partial charge in [-0.3, -0.25) is 4.90 Å². The molecule has 1 aliphatic heterocycles. The van der Waals surface area contributed by atoms with E-state index in [0.29, 0.717) is 6.04 Å². The van der Waals surface area contributed by atoms with E-state index in [1.165, 1.54) is 11.5 Å². The first-order chi connectivity index (χ1) is 5.74. The van der Waals surface area contributed by atoms with Gasteiger partial charge in [0.15, 0.2) is 0 Å². The second kappa shape index (κ2) is 4.74. The first-order valence-corrected chi connectivity index (χ1v) is 5.61. The Kier molecular flexibility index (Phi) is 3.90. The van der Waals surface area contributed by atoms with Gasteiger partial charge in [0.05, 0.1) is 12.0 Å². The Morgan fingerprint density at radius 3 is 3.08 bits per heavy atom. The van der Waals surface area contributed by atoms with E-state index in [1.54, 1.807) is 0 Å². The van der Waals surface area contributed by atoms with Crippen LogP contribution in [0.25, 0.3) is 0 Å². The average Bonchev–Trinajstić information content (AvgIpc) is 2.09. The summed E-state index contributed by atoms with van der Waals surface area (Å²) >= 11 is 2.02. The monoisotopic (exact) mass is 184 g/mol. The standard InChI is InChI=1S/C9H16N2S/c1-8(5-10)6-11-3-4-12-7-9(11)2/h8-9H,3-4,6-7H2,1-2H3. The molecule has 3 heteroatoms. The molecule has 1 rings (SSSR count). The van der Waals surface area contributed by atoms with Gasteiger partial charge in [0.25, 0.3) is 0 Å². The number of thioether (sulfide) groups is 1. The summed E-state index contributed by atoms with van der Waals surface area (Å²) in [6, 6.07) is 2.94. The number of hydrogen-bond donors (Lipinski definition) is 0. The van der Waals surface area contributed by atoms with Gasteiger partial charge in [0, 0.05) is 30.6 Å². The zero-order valence-corrected chi connectivity index (χ0v) is 8.60. The Morgan fingerprint density at radius 2 is 2.50 bits per heavy atom. The Balaban J connectivity index is 2.35. The Bertz CT molecular complexity index is 176. The van der Waals surface area contributed by atoms with Crippen molar-refractivity contribution in [1.29, 1.82) is 5.26 Å². The molecule has 0 aromatic carbocycles. The van der Waals surface area contributed by atoms with E-state index in [2.05, 4.69) is 17.9 Å². The van der Waals surface area contributed by atoms with Crippen LogP contribution in [0, 0.1) is 17.2 Å². The van der Waals surface area contributed by atoms with E-state index < -0.39 is 0 Å². The smallest absolute Gasteiger partial charge is 0.0666 e. The minimum absolute atomic E-state index is 0.176. The Morgan fingerprint density at radius 1 is 1.75 bits per heavy atom. The third-order valence-corrected chi connectivity index (χ3v) is 3.42. The number of nitriles is 1. The molecular formula is C9H16N2S. The van der Waals surface area contributed by atoms with Crippen LogP contribution >= 0.6 is 11.8 Å². The maximum absolute atomic E-state index is 8.67. The normalized spacial score (nSPS) is 27.9. The van der Waals surface area contributed by atoms with E-state index in [-0.39, 0.29) is 5.92 Å². The molecule has 0 saturated carbocycles. The molecule has 0 amide bonds. The first kappa shape index (κ1) is 9.88. The predicted molar refractivity (Wildman–Crippen MR) is 53.1 cm³/mol. The van der Waals surface area contributed by atoms with Gasteiger partial charge in [-0.05, 0) is 13.8 Å². The van der Waals surface area contributed by atoms with Crippen molar-refractivity contribution in [3.63, 3.8) is 0 Å². The van der Waals surface area contributed by atoms with Crippen molar-refractivity contribution >= 4 is 11.8 Å². The fraction of sp³-hybridized carbons (Fsp3) is 0.889. The fourth-order valence-corrected chi connectivity index (χ4v) is 2.51. The first-order valence-electron chi connectivity index (χ1n) is 4.45. The van der Waals surface area contributed by atoms with Gasteiger partial charge in [0.2, 0.25) is 0 Å². The molecule has 0 spiro atoms. The van der Waals surface area contributed by atoms with Crippen molar-refractivity contribution in [2.45, 2.75) is 19.9 Å². The molecule has 1 fully saturated rings. The number of rotatable bonds is 2. The van der Waals surface area contributed by atoms with E-state index in [4.69, 9.17) is 5.26 Å². The molecule has 68 valence electrons. The molecule has 1 aliphatic rings. The molecule has 1 saturated heterocycles. The second-order valence-corrected chi connectivity index (χ2v) is 4.60. The lowest BCUT2D eigenvalue weighted by Gasteiger charge is -2.33. The zero-order valence-electron chi connectivity index (χ0n) is 7.79. The van der Waals surface area contributed by atoms with Crippen molar-refractivity contribution in [2.24, 2.45) is 5.92 Å².